The average molecular weight is 207 g/mol. The number of ether oxygens (including phenoxy) is 1. The Balaban J connectivity index is 3.59. The molecule has 0 aromatic carbocycles. The number of nitrogens with one attached hydrogen (secondary N) is 1. The lowest BCUT2D eigenvalue weighted by Crippen LogP contribution is -2.38. The molecule has 0 radical (unpaired) electrons. The maximum Gasteiger partial charge on any atom is 0.246 e. The summed E-state index contributed by atoms with van der Waals surface area (Å²) in [6.45, 7) is 4.27. The van der Waals surface area contributed by atoms with Gasteiger partial charge in [0.25, 0.3) is 0 Å². The second-order valence-corrected chi connectivity index (χ2v) is 4.33. The van der Waals surface area contributed by atoms with Gasteiger partial charge in [0.05, 0.1) is 0 Å². The summed E-state index contributed by atoms with van der Waals surface area (Å²) in [6.07, 6.45) is 1.62. The van der Waals surface area contributed by atoms with Crippen LogP contribution in [0.2, 0.25) is 0 Å². The third-order valence-electron chi connectivity index (χ3n) is 1.33. The van der Waals surface area contributed by atoms with Gasteiger partial charge >= 0.3 is 0 Å². The number of carbonyl (C=O) groups is 1. The first-order chi connectivity index (χ1) is 6.06. The lowest BCUT2D eigenvalue weighted by atomic mass is 10.4. The van der Waals surface area contributed by atoms with Gasteiger partial charge in [-0.15, -0.1) is 0 Å². The molecule has 0 aromatic heterocycles. The normalized spacial score (nSPS) is 15.0. The van der Waals surface area contributed by atoms with Gasteiger partial charge in [-0.25, -0.2) is 0 Å². The largest absolute Gasteiger partial charge is 0.372 e. The third-order valence-corrected chi connectivity index (χ3v) is 2.30. The Morgan fingerprint density at radius 1 is 1.62 bits per heavy atom. The second-order valence-electron chi connectivity index (χ2n) is 2.85. The van der Waals surface area contributed by atoms with Crippen molar-refractivity contribution in [1.29, 1.82) is 0 Å². The zero-order chi connectivity index (χ0) is 10.3. The fourth-order valence-electron chi connectivity index (χ4n) is 0.905. The zero-order valence-electron chi connectivity index (χ0n) is 8.33. The Bertz CT molecular complexity index is 184. The van der Waals surface area contributed by atoms with Crippen LogP contribution in [-0.2, 0) is 20.3 Å². The summed E-state index contributed by atoms with van der Waals surface area (Å²) in [5.74, 6) is 0.331. The van der Waals surface area contributed by atoms with E-state index >= 15 is 0 Å². The van der Waals surface area contributed by atoms with E-state index < -0.39 is 10.8 Å². The molecule has 0 saturated carbocycles. The highest BCUT2D eigenvalue weighted by atomic mass is 32.2. The summed E-state index contributed by atoms with van der Waals surface area (Å²) in [5, 5.41) is 2.69. The van der Waals surface area contributed by atoms with Crippen molar-refractivity contribution >= 4 is 16.7 Å². The average Bonchev–Trinajstić information content (AvgIpc) is 1.98. The minimum Gasteiger partial charge on any atom is -0.372 e. The Hall–Kier alpha value is -0.420. The van der Waals surface area contributed by atoms with Crippen molar-refractivity contribution in [3.05, 3.63) is 0 Å². The van der Waals surface area contributed by atoms with E-state index in [4.69, 9.17) is 4.74 Å². The molecule has 0 aliphatic carbocycles. The summed E-state index contributed by atoms with van der Waals surface area (Å²) in [4.78, 5) is 11.1. The molecular formula is C8H17NO3S. The molecular weight excluding hydrogens is 190 g/mol. The molecule has 0 bridgehead atoms. The monoisotopic (exact) mass is 207 g/mol. The number of rotatable bonds is 6. The van der Waals surface area contributed by atoms with E-state index in [9.17, 15) is 9.00 Å². The molecule has 0 spiro atoms. The van der Waals surface area contributed by atoms with Crippen LogP contribution in [0.25, 0.3) is 0 Å². The first-order valence-electron chi connectivity index (χ1n) is 4.23. The Morgan fingerprint density at radius 3 is 2.69 bits per heavy atom. The summed E-state index contributed by atoms with van der Waals surface area (Å²) in [6, 6.07) is -0.0567. The molecule has 0 aromatic rings. The maximum atomic E-state index is 11.1. The Kier molecular flexibility index (Phi) is 6.80. The van der Waals surface area contributed by atoms with Crippen molar-refractivity contribution < 1.29 is 13.7 Å². The van der Waals surface area contributed by atoms with E-state index in [1.807, 2.05) is 13.8 Å². The van der Waals surface area contributed by atoms with E-state index in [0.717, 1.165) is 0 Å². The smallest absolute Gasteiger partial charge is 0.246 e. The van der Waals surface area contributed by atoms with Gasteiger partial charge in [-0.1, -0.05) is 0 Å². The standard InChI is InChI=1S/C8H17NO3S/c1-4-12-5-8(10)9-7(2)6-13(3)11/h7H,4-6H2,1-3H3,(H,9,10). The van der Waals surface area contributed by atoms with Crippen LogP contribution in [0.4, 0.5) is 0 Å². The van der Waals surface area contributed by atoms with Crippen molar-refractivity contribution in [2.75, 3.05) is 25.2 Å². The quantitative estimate of drug-likeness (QED) is 0.662. The van der Waals surface area contributed by atoms with Crippen molar-refractivity contribution in [3.8, 4) is 0 Å². The number of hydrogen-bond acceptors (Lipinski definition) is 3. The zero-order valence-corrected chi connectivity index (χ0v) is 9.15. The van der Waals surface area contributed by atoms with E-state index in [0.29, 0.717) is 12.4 Å². The first-order valence-corrected chi connectivity index (χ1v) is 5.96. The van der Waals surface area contributed by atoms with Gasteiger partial charge < -0.3 is 10.1 Å². The molecule has 0 fully saturated rings. The fraction of sp³-hybridized carbons (Fsp3) is 0.875. The molecule has 13 heavy (non-hydrogen) atoms. The van der Waals surface area contributed by atoms with Gasteiger partial charge in [0.15, 0.2) is 0 Å². The van der Waals surface area contributed by atoms with Gasteiger partial charge in [0.2, 0.25) is 5.91 Å². The van der Waals surface area contributed by atoms with Crippen LogP contribution in [0, 0.1) is 0 Å². The molecule has 2 atom stereocenters. The molecule has 5 heteroatoms. The predicted octanol–water partition coefficient (Wildman–Crippen LogP) is -0.0939. The van der Waals surface area contributed by atoms with Crippen LogP contribution >= 0.6 is 0 Å². The van der Waals surface area contributed by atoms with Crippen LogP contribution in [0.5, 0.6) is 0 Å². The van der Waals surface area contributed by atoms with Crippen LogP contribution in [-0.4, -0.2) is 41.4 Å². The number of carbonyl (C=O) groups excluding carboxylic acids is 1. The van der Waals surface area contributed by atoms with Crippen molar-refractivity contribution in [2.24, 2.45) is 0 Å². The Labute approximate surface area is 81.5 Å². The van der Waals surface area contributed by atoms with Gasteiger partial charge in [-0.2, -0.15) is 0 Å². The summed E-state index contributed by atoms with van der Waals surface area (Å²) in [5.41, 5.74) is 0. The maximum absolute atomic E-state index is 11.1. The molecule has 0 aliphatic heterocycles. The van der Waals surface area contributed by atoms with Gasteiger partial charge in [-0.05, 0) is 13.8 Å². The van der Waals surface area contributed by atoms with Gasteiger partial charge in [-0.3, -0.25) is 9.00 Å². The molecule has 0 saturated heterocycles. The highest BCUT2D eigenvalue weighted by Crippen LogP contribution is 1.86. The highest BCUT2D eigenvalue weighted by molar-refractivity contribution is 7.84. The molecule has 0 heterocycles. The lowest BCUT2D eigenvalue weighted by Gasteiger charge is -2.11. The Morgan fingerprint density at radius 2 is 2.23 bits per heavy atom. The van der Waals surface area contributed by atoms with E-state index in [1.54, 1.807) is 6.26 Å². The summed E-state index contributed by atoms with van der Waals surface area (Å²) >= 11 is 0. The van der Waals surface area contributed by atoms with Crippen molar-refractivity contribution in [3.63, 3.8) is 0 Å². The minimum absolute atomic E-state index is 0.0567. The van der Waals surface area contributed by atoms with E-state index in [2.05, 4.69) is 5.32 Å². The molecule has 0 rings (SSSR count). The highest BCUT2D eigenvalue weighted by Gasteiger charge is 2.07. The van der Waals surface area contributed by atoms with Gasteiger partial charge in [0.1, 0.15) is 6.61 Å². The van der Waals surface area contributed by atoms with Gasteiger partial charge in [0, 0.05) is 35.5 Å². The molecule has 1 N–H and O–H groups in total. The van der Waals surface area contributed by atoms with E-state index in [1.165, 1.54) is 0 Å². The topological polar surface area (TPSA) is 55.4 Å². The number of amides is 1. The molecule has 0 aliphatic rings. The molecule has 2 unspecified atom stereocenters. The van der Waals surface area contributed by atoms with Crippen molar-refractivity contribution in [2.45, 2.75) is 19.9 Å². The molecule has 4 nitrogen and oxygen atoms in total. The second kappa shape index (κ2) is 7.03. The molecule has 78 valence electrons. The lowest BCUT2D eigenvalue weighted by molar-refractivity contribution is -0.126. The van der Waals surface area contributed by atoms with Crippen LogP contribution in [0.3, 0.4) is 0 Å². The summed E-state index contributed by atoms with van der Waals surface area (Å²) < 4.78 is 15.7. The SMILES string of the molecule is CCOCC(=O)NC(C)CS(C)=O. The minimum atomic E-state index is -0.873. The third kappa shape index (κ3) is 7.93. The first kappa shape index (κ1) is 12.6. The van der Waals surface area contributed by atoms with Crippen LogP contribution < -0.4 is 5.32 Å². The summed E-state index contributed by atoms with van der Waals surface area (Å²) in [7, 11) is -0.873. The van der Waals surface area contributed by atoms with Crippen molar-refractivity contribution in [1.82, 2.24) is 5.32 Å². The number of hydrogen-bond donors (Lipinski definition) is 1. The predicted molar refractivity (Wildman–Crippen MR) is 53.0 cm³/mol. The van der Waals surface area contributed by atoms with E-state index in [-0.39, 0.29) is 18.6 Å². The van der Waals surface area contributed by atoms with Crippen LogP contribution in [0.1, 0.15) is 13.8 Å². The van der Waals surface area contributed by atoms with Crippen LogP contribution in [0.15, 0.2) is 0 Å². The molecule has 1 amide bonds. The fourth-order valence-corrected chi connectivity index (χ4v) is 1.69.